The summed E-state index contributed by atoms with van der Waals surface area (Å²) in [7, 11) is 3.42. The highest BCUT2D eigenvalue weighted by Crippen LogP contribution is 2.27. The number of methoxy groups -OCH3 is 1. The van der Waals surface area contributed by atoms with Crippen LogP contribution in [0.15, 0.2) is 72.0 Å². The second-order valence-electron chi connectivity index (χ2n) is 7.46. The van der Waals surface area contributed by atoms with Gasteiger partial charge in [-0.25, -0.2) is 9.97 Å². The first kappa shape index (κ1) is 20.4. The van der Waals surface area contributed by atoms with E-state index >= 15 is 0 Å². The van der Waals surface area contributed by atoms with Crippen molar-refractivity contribution < 1.29 is 9.47 Å². The third kappa shape index (κ3) is 4.42. The molecule has 33 heavy (non-hydrogen) atoms. The molecule has 0 bridgehead atoms. The molecule has 9 nitrogen and oxygen atoms in total. The Morgan fingerprint density at radius 2 is 1.91 bits per heavy atom. The van der Waals surface area contributed by atoms with Crippen molar-refractivity contribution in [3.63, 3.8) is 0 Å². The lowest BCUT2D eigenvalue weighted by Crippen LogP contribution is -2.12. The Kier molecular flexibility index (Phi) is 5.27. The fourth-order valence-corrected chi connectivity index (χ4v) is 3.47. The normalized spacial score (nSPS) is 11.0. The van der Waals surface area contributed by atoms with Crippen LogP contribution >= 0.6 is 0 Å². The number of hydrogen-bond acceptors (Lipinski definition) is 7. The summed E-state index contributed by atoms with van der Waals surface area (Å²) in [5.74, 6) is 2.23. The van der Waals surface area contributed by atoms with Crippen molar-refractivity contribution >= 4 is 10.9 Å². The summed E-state index contributed by atoms with van der Waals surface area (Å²) in [6.45, 7) is 0. The minimum absolute atomic E-state index is 0.229. The van der Waals surface area contributed by atoms with E-state index in [0.717, 1.165) is 16.8 Å². The second kappa shape index (κ2) is 8.54. The molecular weight excluding hydrogens is 420 g/mol. The Balaban J connectivity index is 1.39. The molecule has 0 amide bonds. The topological polar surface area (TPSA) is 108 Å². The van der Waals surface area contributed by atoms with E-state index in [-0.39, 0.29) is 5.56 Å². The first-order valence-electron chi connectivity index (χ1n) is 10.2. The number of hydrogen-bond donors (Lipinski definition) is 1. The van der Waals surface area contributed by atoms with Gasteiger partial charge in [0, 0.05) is 49.8 Å². The molecule has 9 heteroatoms. The molecule has 164 valence electrons. The van der Waals surface area contributed by atoms with Gasteiger partial charge < -0.3 is 14.5 Å². The van der Waals surface area contributed by atoms with E-state index in [2.05, 4.69) is 25.0 Å². The SMILES string of the molecule is COc1ccc(Cc2nc3ccc(Oc4ccnc(-c5cnn(C)c5)c4)cc3c(=O)[nH]2)cn1. The number of aromatic nitrogens is 6. The molecule has 0 saturated carbocycles. The van der Waals surface area contributed by atoms with Crippen LogP contribution in [0.3, 0.4) is 0 Å². The number of pyridine rings is 2. The predicted octanol–water partition coefficient (Wildman–Crippen LogP) is 3.51. The molecule has 5 rings (SSSR count). The number of aryl methyl sites for hydroxylation is 1. The average Bonchev–Trinajstić information content (AvgIpc) is 3.27. The van der Waals surface area contributed by atoms with Gasteiger partial charge in [0.25, 0.3) is 5.56 Å². The van der Waals surface area contributed by atoms with E-state index in [1.807, 2.05) is 25.4 Å². The summed E-state index contributed by atoms with van der Waals surface area (Å²) in [6, 6.07) is 12.5. The Morgan fingerprint density at radius 3 is 2.67 bits per heavy atom. The van der Waals surface area contributed by atoms with Crippen LogP contribution in [-0.4, -0.2) is 36.8 Å². The highest BCUT2D eigenvalue weighted by Gasteiger charge is 2.09. The molecule has 0 aliphatic heterocycles. The Hall–Kier alpha value is -4.53. The zero-order valence-corrected chi connectivity index (χ0v) is 18.0. The molecule has 0 unspecified atom stereocenters. The number of benzene rings is 1. The molecule has 4 heterocycles. The van der Waals surface area contributed by atoms with Crippen molar-refractivity contribution in [1.82, 2.24) is 29.7 Å². The van der Waals surface area contributed by atoms with Gasteiger partial charge in [-0.1, -0.05) is 6.07 Å². The number of H-pyrrole nitrogens is 1. The molecule has 0 spiro atoms. The summed E-state index contributed by atoms with van der Waals surface area (Å²) < 4.78 is 12.8. The van der Waals surface area contributed by atoms with E-state index in [9.17, 15) is 4.79 Å². The van der Waals surface area contributed by atoms with Gasteiger partial charge in [-0.15, -0.1) is 0 Å². The van der Waals surface area contributed by atoms with Gasteiger partial charge in [0.1, 0.15) is 17.3 Å². The van der Waals surface area contributed by atoms with E-state index in [0.29, 0.717) is 40.5 Å². The third-order valence-corrected chi connectivity index (χ3v) is 5.07. The lowest BCUT2D eigenvalue weighted by molar-refractivity contribution is 0.397. The predicted molar refractivity (Wildman–Crippen MR) is 122 cm³/mol. The van der Waals surface area contributed by atoms with Gasteiger partial charge in [0.05, 0.1) is 29.9 Å². The van der Waals surface area contributed by atoms with Gasteiger partial charge >= 0.3 is 0 Å². The molecule has 0 radical (unpaired) electrons. The monoisotopic (exact) mass is 440 g/mol. The Labute approximate surface area is 188 Å². The van der Waals surface area contributed by atoms with Crippen LogP contribution in [0.2, 0.25) is 0 Å². The molecule has 0 atom stereocenters. The van der Waals surface area contributed by atoms with Crippen molar-refractivity contribution in [3.8, 4) is 28.6 Å². The fourth-order valence-electron chi connectivity index (χ4n) is 3.47. The molecule has 0 aliphatic carbocycles. The molecule has 0 saturated heterocycles. The number of rotatable bonds is 6. The number of ether oxygens (including phenoxy) is 2. The van der Waals surface area contributed by atoms with Gasteiger partial charge in [-0.2, -0.15) is 5.10 Å². The first-order chi connectivity index (χ1) is 16.1. The minimum Gasteiger partial charge on any atom is -0.481 e. The van der Waals surface area contributed by atoms with Crippen molar-refractivity contribution in [2.75, 3.05) is 7.11 Å². The average molecular weight is 440 g/mol. The zero-order chi connectivity index (χ0) is 22.8. The van der Waals surface area contributed by atoms with Crippen molar-refractivity contribution in [2.24, 2.45) is 7.05 Å². The lowest BCUT2D eigenvalue weighted by atomic mass is 10.2. The molecule has 4 aromatic heterocycles. The van der Waals surface area contributed by atoms with Crippen molar-refractivity contribution in [2.45, 2.75) is 6.42 Å². The van der Waals surface area contributed by atoms with E-state index in [1.165, 1.54) is 0 Å². The number of nitrogens with zero attached hydrogens (tertiary/aromatic N) is 5. The standard InChI is InChI=1S/C24H20N6O3/c1-30-14-16(13-27-30)21-11-18(7-8-25-21)33-17-4-5-20-19(10-17)24(31)29-22(28-20)9-15-3-6-23(32-2)26-12-15/h3-8,10-14H,9H2,1-2H3,(H,28,29,31). The number of nitrogens with one attached hydrogen (secondary N) is 1. The lowest BCUT2D eigenvalue weighted by Gasteiger charge is -2.08. The van der Waals surface area contributed by atoms with Crippen LogP contribution in [0, 0.1) is 0 Å². The molecule has 5 aromatic rings. The third-order valence-electron chi connectivity index (χ3n) is 5.07. The highest BCUT2D eigenvalue weighted by molar-refractivity contribution is 5.79. The minimum atomic E-state index is -0.229. The Morgan fingerprint density at radius 1 is 1.03 bits per heavy atom. The van der Waals surface area contributed by atoms with Crippen LogP contribution < -0.4 is 15.0 Å². The summed E-state index contributed by atoms with van der Waals surface area (Å²) in [5.41, 5.74) is 2.92. The van der Waals surface area contributed by atoms with Gasteiger partial charge in [0.2, 0.25) is 5.88 Å². The fraction of sp³-hybridized carbons (Fsp3) is 0.125. The largest absolute Gasteiger partial charge is 0.481 e. The van der Waals surface area contributed by atoms with Gasteiger partial charge in [-0.05, 0) is 29.8 Å². The maximum atomic E-state index is 12.7. The molecular formula is C24H20N6O3. The number of fused-ring (bicyclic) bond motifs is 1. The van der Waals surface area contributed by atoms with Crippen molar-refractivity contribution in [3.05, 3.63) is 89.0 Å². The smallest absolute Gasteiger partial charge is 0.258 e. The van der Waals surface area contributed by atoms with Gasteiger partial charge in [-0.3, -0.25) is 14.5 Å². The summed E-state index contributed by atoms with van der Waals surface area (Å²) >= 11 is 0. The van der Waals surface area contributed by atoms with Gasteiger partial charge in [0.15, 0.2) is 0 Å². The summed E-state index contributed by atoms with van der Waals surface area (Å²) in [4.78, 5) is 28.7. The van der Waals surface area contributed by atoms with Crippen LogP contribution in [0.4, 0.5) is 0 Å². The molecule has 0 aliphatic rings. The quantitative estimate of drug-likeness (QED) is 0.430. The second-order valence-corrected chi connectivity index (χ2v) is 7.46. The zero-order valence-electron chi connectivity index (χ0n) is 18.0. The molecule has 0 fully saturated rings. The molecule has 1 N–H and O–H groups in total. The van der Waals surface area contributed by atoms with E-state index in [4.69, 9.17) is 9.47 Å². The summed E-state index contributed by atoms with van der Waals surface area (Å²) in [5, 5.41) is 4.62. The summed E-state index contributed by atoms with van der Waals surface area (Å²) in [6.07, 6.45) is 7.45. The van der Waals surface area contributed by atoms with Crippen LogP contribution in [0.25, 0.3) is 22.2 Å². The first-order valence-corrected chi connectivity index (χ1v) is 10.2. The number of aromatic amines is 1. The highest BCUT2D eigenvalue weighted by atomic mass is 16.5. The Bertz CT molecular complexity index is 1490. The van der Waals surface area contributed by atoms with E-state index in [1.54, 1.807) is 60.7 Å². The van der Waals surface area contributed by atoms with Crippen molar-refractivity contribution in [1.29, 1.82) is 0 Å². The maximum Gasteiger partial charge on any atom is 0.258 e. The maximum absolute atomic E-state index is 12.7. The van der Waals surface area contributed by atoms with E-state index < -0.39 is 0 Å². The van der Waals surface area contributed by atoms with Crippen LogP contribution in [-0.2, 0) is 13.5 Å². The van der Waals surface area contributed by atoms with Crippen LogP contribution in [0.5, 0.6) is 17.4 Å². The van der Waals surface area contributed by atoms with Crippen LogP contribution in [0.1, 0.15) is 11.4 Å². The molecule has 1 aromatic carbocycles.